The molecule has 0 aliphatic rings. The van der Waals surface area contributed by atoms with E-state index in [0.717, 1.165) is 16.2 Å². The summed E-state index contributed by atoms with van der Waals surface area (Å²) in [5.41, 5.74) is 0.767. The minimum absolute atomic E-state index is 0.396. The van der Waals surface area contributed by atoms with Crippen LogP contribution in [0.25, 0.3) is 0 Å². The number of benzene rings is 3. The van der Waals surface area contributed by atoms with Gasteiger partial charge in [0.25, 0.3) is 0 Å². The van der Waals surface area contributed by atoms with Gasteiger partial charge in [0.2, 0.25) is 0 Å². The predicted molar refractivity (Wildman–Crippen MR) is 130 cm³/mol. The Labute approximate surface area is 180 Å². The third-order valence-corrected chi connectivity index (χ3v) is 15.7. The summed E-state index contributed by atoms with van der Waals surface area (Å²) in [6.45, 7) is 4.34. The van der Waals surface area contributed by atoms with Gasteiger partial charge in [-0.25, -0.2) is 0 Å². The summed E-state index contributed by atoms with van der Waals surface area (Å²) in [6, 6.07) is 28.9. The van der Waals surface area contributed by atoms with Gasteiger partial charge in [-0.1, -0.05) is 0 Å². The number of hydrogen-bond acceptors (Lipinski definition) is 1. The fraction of sp³-hybridized carbons (Fsp3) is 0.280. The van der Waals surface area contributed by atoms with E-state index in [2.05, 4.69) is 75.8 Å². The Kier molecular flexibility index (Phi) is 6.48. The van der Waals surface area contributed by atoms with Crippen LogP contribution in [0.3, 0.4) is 0 Å². The van der Waals surface area contributed by atoms with Crippen LogP contribution in [-0.4, -0.2) is 30.1 Å². The molecule has 1 atom stereocenters. The third-order valence-electron chi connectivity index (χ3n) is 5.86. The number of hydrogen-bond donors (Lipinski definition) is 0. The van der Waals surface area contributed by atoms with Gasteiger partial charge in [-0.05, 0) is 0 Å². The van der Waals surface area contributed by atoms with Crippen LogP contribution in [-0.2, 0) is 10.1 Å². The van der Waals surface area contributed by atoms with Crippen molar-refractivity contribution in [1.82, 2.24) is 4.67 Å². The molecule has 0 fully saturated rings. The summed E-state index contributed by atoms with van der Waals surface area (Å²) in [4.78, 5) is 7.18. The molecule has 3 aromatic carbocycles. The SMILES string of the molecule is CN(C(C)(C)c1ccccc1)P(=O)(c1ccccc1)c1cccc[c]1[Sn]([CH3])([CH3])[CH3]. The van der Waals surface area contributed by atoms with Gasteiger partial charge < -0.3 is 0 Å². The predicted octanol–water partition coefficient (Wildman–Crippen LogP) is 5.33. The van der Waals surface area contributed by atoms with E-state index in [1.807, 2.05) is 49.5 Å². The molecule has 0 aliphatic heterocycles. The molecule has 0 radical (unpaired) electrons. The van der Waals surface area contributed by atoms with Crippen LogP contribution >= 0.6 is 7.29 Å². The Balaban J connectivity index is 2.29. The van der Waals surface area contributed by atoms with E-state index >= 15 is 4.57 Å². The van der Waals surface area contributed by atoms with E-state index in [1.165, 1.54) is 3.58 Å². The first kappa shape index (κ1) is 22.3. The molecule has 0 heterocycles. The van der Waals surface area contributed by atoms with Gasteiger partial charge >= 0.3 is 181 Å². The monoisotopic (exact) mass is 513 g/mol. The zero-order valence-corrected chi connectivity index (χ0v) is 22.1. The average Bonchev–Trinajstić information content (AvgIpc) is 2.73. The minimum atomic E-state index is -3.05. The summed E-state index contributed by atoms with van der Waals surface area (Å²) in [6.07, 6.45) is 0. The molecule has 0 amide bonds. The molecule has 4 heteroatoms. The second kappa shape index (κ2) is 8.41. The Morgan fingerprint density at radius 3 is 1.79 bits per heavy atom. The molecule has 152 valence electrons. The zero-order valence-electron chi connectivity index (χ0n) is 18.4. The topological polar surface area (TPSA) is 20.3 Å². The van der Waals surface area contributed by atoms with Crippen molar-refractivity contribution in [2.24, 2.45) is 0 Å². The first-order chi connectivity index (χ1) is 13.6. The molecule has 0 bridgehead atoms. The molecule has 29 heavy (non-hydrogen) atoms. The van der Waals surface area contributed by atoms with Gasteiger partial charge in [0.15, 0.2) is 0 Å². The molecule has 0 saturated heterocycles. The van der Waals surface area contributed by atoms with Gasteiger partial charge in [0, 0.05) is 0 Å². The van der Waals surface area contributed by atoms with E-state index in [0.29, 0.717) is 0 Å². The molecular formula is C25H32NOPSn. The summed E-state index contributed by atoms with van der Waals surface area (Å²) < 4.78 is 18.6. The normalized spacial score (nSPS) is 14.6. The number of nitrogens with zero attached hydrogens (tertiary/aromatic N) is 1. The van der Waals surface area contributed by atoms with Crippen LogP contribution in [0.5, 0.6) is 0 Å². The van der Waals surface area contributed by atoms with Gasteiger partial charge in [-0.15, -0.1) is 0 Å². The molecular weight excluding hydrogens is 480 g/mol. The Bertz CT molecular complexity index is 1010. The summed E-state index contributed by atoms with van der Waals surface area (Å²) in [5, 5.41) is 1.91. The van der Waals surface area contributed by atoms with Crippen LogP contribution in [0.2, 0.25) is 14.8 Å². The fourth-order valence-corrected chi connectivity index (χ4v) is 14.6. The summed E-state index contributed by atoms with van der Waals surface area (Å²) >= 11 is -2.52. The van der Waals surface area contributed by atoms with Crippen molar-refractivity contribution in [3.05, 3.63) is 90.5 Å². The third kappa shape index (κ3) is 4.26. The Morgan fingerprint density at radius 2 is 1.24 bits per heavy atom. The van der Waals surface area contributed by atoms with Crippen molar-refractivity contribution >= 4 is 39.9 Å². The van der Waals surface area contributed by atoms with Crippen molar-refractivity contribution in [2.75, 3.05) is 7.05 Å². The quantitative estimate of drug-likeness (QED) is 0.329. The summed E-state index contributed by atoms with van der Waals surface area (Å²) in [5.74, 6) is 0. The van der Waals surface area contributed by atoms with E-state index < -0.39 is 31.2 Å². The van der Waals surface area contributed by atoms with Crippen LogP contribution in [0.15, 0.2) is 84.9 Å². The van der Waals surface area contributed by atoms with Gasteiger partial charge in [0.05, 0.1) is 0 Å². The van der Waals surface area contributed by atoms with E-state index in [1.54, 1.807) is 0 Å². The van der Waals surface area contributed by atoms with E-state index in [-0.39, 0.29) is 0 Å². The van der Waals surface area contributed by atoms with Gasteiger partial charge in [-0.2, -0.15) is 0 Å². The molecule has 3 aromatic rings. The van der Waals surface area contributed by atoms with Crippen molar-refractivity contribution in [3.63, 3.8) is 0 Å². The second-order valence-electron chi connectivity index (χ2n) is 9.13. The second-order valence-corrected chi connectivity index (χ2v) is 26.3. The van der Waals surface area contributed by atoms with Crippen molar-refractivity contribution in [3.8, 4) is 0 Å². The molecule has 0 saturated carbocycles. The van der Waals surface area contributed by atoms with E-state index in [9.17, 15) is 0 Å². The Morgan fingerprint density at radius 1 is 0.759 bits per heavy atom. The van der Waals surface area contributed by atoms with Crippen molar-refractivity contribution < 1.29 is 4.57 Å². The van der Waals surface area contributed by atoms with Gasteiger partial charge in [-0.3, -0.25) is 0 Å². The van der Waals surface area contributed by atoms with Crippen molar-refractivity contribution in [1.29, 1.82) is 0 Å². The molecule has 3 rings (SSSR count). The first-order valence-electron chi connectivity index (χ1n) is 10.1. The van der Waals surface area contributed by atoms with E-state index in [4.69, 9.17) is 0 Å². The average molecular weight is 512 g/mol. The Hall–Kier alpha value is -1.35. The van der Waals surface area contributed by atoms with Crippen LogP contribution < -0.4 is 14.2 Å². The summed E-state index contributed by atoms with van der Waals surface area (Å²) in [7, 11) is -1.03. The standard InChI is InChI=1S/C22H23NOP.3CH3.Sn/c1-22(2,19-13-7-4-8-14-19)23(3)25(24,20-15-9-5-10-16-20)21-17-11-6-12-18-21;;;;/h4-17H,1-3H3;3*1H3;. The maximum atomic E-state index is 15.2. The molecule has 1 unspecified atom stereocenters. The fourth-order valence-electron chi connectivity index (χ4n) is 3.86. The van der Waals surface area contributed by atoms with Crippen LogP contribution in [0, 0.1) is 0 Å². The first-order valence-corrected chi connectivity index (χ1v) is 21.8. The molecule has 0 aliphatic carbocycles. The van der Waals surface area contributed by atoms with Crippen molar-refractivity contribution in [2.45, 2.75) is 34.2 Å². The number of rotatable bonds is 6. The molecule has 2 nitrogen and oxygen atoms in total. The van der Waals surface area contributed by atoms with Gasteiger partial charge in [0.1, 0.15) is 0 Å². The zero-order chi connectivity index (χ0) is 21.3. The molecule has 0 N–H and O–H groups in total. The maximum absolute atomic E-state index is 15.2. The molecule has 0 aromatic heterocycles. The molecule has 0 spiro atoms. The van der Waals surface area contributed by atoms with Crippen LogP contribution in [0.4, 0.5) is 0 Å². The van der Waals surface area contributed by atoms with Crippen LogP contribution in [0.1, 0.15) is 19.4 Å².